The fourth-order valence-corrected chi connectivity index (χ4v) is 2.43. The van der Waals surface area contributed by atoms with E-state index in [0.29, 0.717) is 19.4 Å². The molecule has 0 aliphatic carbocycles. The van der Waals surface area contributed by atoms with Gasteiger partial charge in [0.25, 0.3) is 0 Å². The highest BCUT2D eigenvalue weighted by Crippen LogP contribution is 2.18. The molecule has 1 aromatic rings. The fourth-order valence-electron chi connectivity index (χ4n) is 2.43. The topological polar surface area (TPSA) is 52.3 Å². The van der Waals surface area contributed by atoms with Crippen molar-refractivity contribution in [1.29, 1.82) is 0 Å². The van der Waals surface area contributed by atoms with E-state index in [2.05, 4.69) is 32.9 Å². The van der Waals surface area contributed by atoms with E-state index >= 15 is 0 Å². The summed E-state index contributed by atoms with van der Waals surface area (Å²) < 4.78 is 4.91. The Labute approximate surface area is 116 Å². The van der Waals surface area contributed by atoms with Crippen molar-refractivity contribution in [3.8, 4) is 0 Å². The third-order valence-corrected chi connectivity index (χ3v) is 3.33. The molecule has 0 heterocycles. The van der Waals surface area contributed by atoms with E-state index in [0.717, 1.165) is 6.42 Å². The zero-order valence-corrected chi connectivity index (χ0v) is 12.5. The number of aryl methyl sites for hydroxylation is 3. The van der Waals surface area contributed by atoms with Gasteiger partial charge in [0.2, 0.25) is 0 Å². The molecule has 0 radical (unpaired) electrons. The Kier molecular flexibility index (Phi) is 6.03. The molecule has 0 aromatic heterocycles. The number of carbonyl (C=O) groups excluding carboxylic acids is 1. The van der Waals surface area contributed by atoms with Crippen molar-refractivity contribution in [1.82, 2.24) is 0 Å². The lowest BCUT2D eigenvalue weighted by Crippen LogP contribution is -2.25. The first-order valence-electron chi connectivity index (χ1n) is 6.92. The summed E-state index contributed by atoms with van der Waals surface area (Å²) in [6, 6.07) is 4.37. The fraction of sp³-hybridized carbons (Fsp3) is 0.562. The average molecular weight is 263 g/mol. The van der Waals surface area contributed by atoms with Gasteiger partial charge < -0.3 is 10.5 Å². The van der Waals surface area contributed by atoms with Gasteiger partial charge in [0.1, 0.15) is 0 Å². The van der Waals surface area contributed by atoms with Crippen LogP contribution in [0, 0.1) is 20.8 Å². The number of nitrogens with two attached hydrogens (primary N) is 1. The van der Waals surface area contributed by atoms with Gasteiger partial charge in [0.15, 0.2) is 0 Å². The second-order valence-corrected chi connectivity index (χ2v) is 5.19. The Hall–Kier alpha value is -1.35. The van der Waals surface area contributed by atoms with Crippen molar-refractivity contribution < 1.29 is 9.53 Å². The third-order valence-electron chi connectivity index (χ3n) is 3.33. The van der Waals surface area contributed by atoms with Crippen LogP contribution in [0.5, 0.6) is 0 Å². The zero-order chi connectivity index (χ0) is 14.4. The maximum Gasteiger partial charge on any atom is 0.305 e. The van der Waals surface area contributed by atoms with Gasteiger partial charge in [-0.25, -0.2) is 0 Å². The van der Waals surface area contributed by atoms with Gasteiger partial charge in [0.05, 0.1) is 6.61 Å². The van der Waals surface area contributed by atoms with Crippen LogP contribution in [-0.2, 0) is 16.0 Å². The normalized spacial score (nSPS) is 12.3. The van der Waals surface area contributed by atoms with Crippen molar-refractivity contribution in [3.63, 3.8) is 0 Å². The first-order valence-corrected chi connectivity index (χ1v) is 6.92. The third kappa shape index (κ3) is 5.03. The molecule has 0 fully saturated rings. The molecule has 1 rings (SSSR count). The van der Waals surface area contributed by atoms with E-state index in [1.807, 2.05) is 6.92 Å². The number of esters is 1. The van der Waals surface area contributed by atoms with E-state index in [1.165, 1.54) is 22.3 Å². The van der Waals surface area contributed by atoms with Gasteiger partial charge in [-0.3, -0.25) is 4.79 Å². The monoisotopic (exact) mass is 263 g/mol. The molecular weight excluding hydrogens is 238 g/mol. The maximum absolute atomic E-state index is 11.3. The Bertz CT molecular complexity index is 417. The van der Waals surface area contributed by atoms with Crippen molar-refractivity contribution in [2.24, 2.45) is 5.73 Å². The predicted octanol–water partition coefficient (Wildman–Crippen LogP) is 2.82. The molecule has 0 amide bonds. The molecule has 0 spiro atoms. The molecule has 0 aliphatic rings. The summed E-state index contributed by atoms with van der Waals surface area (Å²) in [7, 11) is 0. The first kappa shape index (κ1) is 15.7. The molecule has 0 saturated heterocycles. The quantitative estimate of drug-likeness (QED) is 0.803. The van der Waals surface area contributed by atoms with Crippen LogP contribution < -0.4 is 5.73 Å². The first-order chi connectivity index (χ1) is 8.93. The Morgan fingerprint density at radius 1 is 1.26 bits per heavy atom. The van der Waals surface area contributed by atoms with Crippen molar-refractivity contribution in [2.75, 3.05) is 6.61 Å². The molecule has 1 atom stereocenters. The zero-order valence-electron chi connectivity index (χ0n) is 12.5. The van der Waals surface area contributed by atoms with Gasteiger partial charge >= 0.3 is 5.97 Å². The molecular formula is C16H25NO2. The molecule has 3 heteroatoms. The number of hydrogen-bond acceptors (Lipinski definition) is 3. The second kappa shape index (κ2) is 7.29. The number of carbonyl (C=O) groups is 1. The van der Waals surface area contributed by atoms with E-state index < -0.39 is 0 Å². The highest BCUT2D eigenvalue weighted by atomic mass is 16.5. The van der Waals surface area contributed by atoms with Crippen LogP contribution >= 0.6 is 0 Å². The van der Waals surface area contributed by atoms with Gasteiger partial charge in [-0.2, -0.15) is 0 Å². The standard InChI is InChI=1S/C16H25NO2/c1-5-19-16(18)7-6-14(17)10-15-12(3)8-11(2)9-13(15)4/h8-9,14H,5-7,10,17H2,1-4H3. The molecule has 2 N–H and O–H groups in total. The lowest BCUT2D eigenvalue weighted by Gasteiger charge is -2.16. The number of ether oxygens (including phenoxy) is 1. The highest BCUT2D eigenvalue weighted by molar-refractivity contribution is 5.69. The summed E-state index contributed by atoms with van der Waals surface area (Å²) in [6.07, 6.45) is 1.89. The van der Waals surface area contributed by atoms with Crippen molar-refractivity contribution in [2.45, 2.75) is 53.0 Å². The van der Waals surface area contributed by atoms with Crippen LogP contribution in [0.4, 0.5) is 0 Å². The van der Waals surface area contributed by atoms with Gasteiger partial charge in [-0.05, 0) is 57.2 Å². The van der Waals surface area contributed by atoms with Crippen LogP contribution in [0.1, 0.15) is 42.0 Å². The highest BCUT2D eigenvalue weighted by Gasteiger charge is 2.11. The van der Waals surface area contributed by atoms with Gasteiger partial charge in [-0.1, -0.05) is 17.7 Å². The minimum atomic E-state index is -0.157. The summed E-state index contributed by atoms with van der Waals surface area (Å²) in [5.74, 6) is -0.157. The van der Waals surface area contributed by atoms with Crippen LogP contribution in [0.3, 0.4) is 0 Å². The van der Waals surface area contributed by atoms with E-state index in [-0.39, 0.29) is 12.0 Å². The molecule has 106 valence electrons. The predicted molar refractivity (Wildman–Crippen MR) is 78.2 cm³/mol. The molecule has 0 aliphatic heterocycles. The van der Waals surface area contributed by atoms with Crippen LogP contribution in [0.15, 0.2) is 12.1 Å². The largest absolute Gasteiger partial charge is 0.466 e. The molecule has 1 unspecified atom stereocenters. The van der Waals surface area contributed by atoms with Gasteiger partial charge in [0, 0.05) is 12.5 Å². The molecule has 3 nitrogen and oxygen atoms in total. The summed E-state index contributed by atoms with van der Waals surface area (Å²) in [5.41, 5.74) is 11.3. The SMILES string of the molecule is CCOC(=O)CCC(N)Cc1c(C)cc(C)cc1C. The summed E-state index contributed by atoms with van der Waals surface area (Å²) in [6.45, 7) is 8.59. The minimum absolute atomic E-state index is 0.00418. The Morgan fingerprint density at radius 3 is 2.37 bits per heavy atom. The van der Waals surface area contributed by atoms with E-state index in [9.17, 15) is 4.79 Å². The van der Waals surface area contributed by atoms with E-state index in [1.54, 1.807) is 0 Å². The number of benzene rings is 1. The molecule has 19 heavy (non-hydrogen) atoms. The number of hydrogen-bond donors (Lipinski definition) is 1. The second-order valence-electron chi connectivity index (χ2n) is 5.19. The summed E-state index contributed by atoms with van der Waals surface area (Å²) in [4.78, 5) is 11.3. The molecule has 1 aromatic carbocycles. The maximum atomic E-state index is 11.3. The van der Waals surface area contributed by atoms with Gasteiger partial charge in [-0.15, -0.1) is 0 Å². The smallest absolute Gasteiger partial charge is 0.305 e. The van der Waals surface area contributed by atoms with Crippen molar-refractivity contribution >= 4 is 5.97 Å². The Balaban J connectivity index is 2.57. The van der Waals surface area contributed by atoms with Crippen LogP contribution in [0.25, 0.3) is 0 Å². The Morgan fingerprint density at radius 2 is 1.84 bits per heavy atom. The van der Waals surface area contributed by atoms with Crippen molar-refractivity contribution in [3.05, 3.63) is 34.4 Å². The lowest BCUT2D eigenvalue weighted by atomic mass is 9.93. The number of rotatable bonds is 6. The molecule has 0 saturated carbocycles. The lowest BCUT2D eigenvalue weighted by molar-refractivity contribution is -0.143. The summed E-state index contributed by atoms with van der Waals surface area (Å²) in [5, 5.41) is 0. The molecule has 0 bridgehead atoms. The van der Waals surface area contributed by atoms with Crippen LogP contribution in [0.2, 0.25) is 0 Å². The average Bonchev–Trinajstić information content (AvgIpc) is 2.31. The minimum Gasteiger partial charge on any atom is -0.466 e. The van der Waals surface area contributed by atoms with Crippen LogP contribution in [-0.4, -0.2) is 18.6 Å². The van der Waals surface area contributed by atoms with E-state index in [4.69, 9.17) is 10.5 Å². The summed E-state index contributed by atoms with van der Waals surface area (Å²) >= 11 is 0.